The monoisotopic (exact) mass is 363 g/mol. The summed E-state index contributed by atoms with van der Waals surface area (Å²) >= 11 is 0. The van der Waals surface area contributed by atoms with Gasteiger partial charge in [0.15, 0.2) is 0 Å². The number of fused-ring (bicyclic) bond motifs is 1. The Morgan fingerprint density at radius 2 is 1.67 bits per heavy atom. The van der Waals surface area contributed by atoms with Crippen molar-refractivity contribution >= 4 is 16.9 Å². The molecule has 5 heteroatoms. The Morgan fingerprint density at radius 3 is 2.30 bits per heavy atom. The van der Waals surface area contributed by atoms with Gasteiger partial charge in [-0.3, -0.25) is 0 Å². The quantitative estimate of drug-likeness (QED) is 0.706. The van der Waals surface area contributed by atoms with Crippen LogP contribution >= 0.6 is 0 Å². The third-order valence-corrected chi connectivity index (χ3v) is 5.84. The Morgan fingerprint density at radius 1 is 1.00 bits per heavy atom. The number of hydrogen-bond donors (Lipinski definition) is 2. The molecule has 0 amide bonds. The van der Waals surface area contributed by atoms with Crippen molar-refractivity contribution in [3.63, 3.8) is 0 Å². The molecule has 0 saturated heterocycles. The summed E-state index contributed by atoms with van der Waals surface area (Å²) in [5.74, 6) is 0.543. The lowest BCUT2D eigenvalue weighted by Crippen LogP contribution is -2.27. The van der Waals surface area contributed by atoms with Crippen LogP contribution in [0.3, 0.4) is 0 Å². The van der Waals surface area contributed by atoms with Crippen molar-refractivity contribution in [2.45, 2.75) is 64.0 Å². The highest BCUT2D eigenvalue weighted by Crippen LogP contribution is 2.38. The fourth-order valence-electron chi connectivity index (χ4n) is 4.14. The van der Waals surface area contributed by atoms with Gasteiger partial charge in [-0.15, -0.1) is 0 Å². The molecular formula is C22H29N5. The van der Waals surface area contributed by atoms with Gasteiger partial charge in [-0.1, -0.05) is 45.0 Å². The molecule has 2 heterocycles. The largest absolute Gasteiger partial charge is 0.383 e. The van der Waals surface area contributed by atoms with Gasteiger partial charge >= 0.3 is 0 Å². The maximum Gasteiger partial charge on any atom is 0.146 e. The van der Waals surface area contributed by atoms with Crippen molar-refractivity contribution in [3.8, 4) is 11.1 Å². The van der Waals surface area contributed by atoms with E-state index >= 15 is 0 Å². The third-order valence-electron chi connectivity index (χ3n) is 5.84. The highest BCUT2D eigenvalue weighted by atomic mass is 15.1. The van der Waals surface area contributed by atoms with Crippen molar-refractivity contribution in [2.75, 3.05) is 5.73 Å². The molecule has 1 aliphatic carbocycles. The lowest BCUT2D eigenvalue weighted by atomic mass is 9.86. The molecule has 142 valence electrons. The normalized spacial score (nSPS) is 20.9. The van der Waals surface area contributed by atoms with Crippen molar-refractivity contribution in [1.29, 1.82) is 0 Å². The second-order valence-corrected chi connectivity index (χ2v) is 8.80. The molecule has 1 aromatic carbocycles. The molecule has 3 aromatic rings. The van der Waals surface area contributed by atoms with Gasteiger partial charge in [-0.2, -0.15) is 0 Å². The average molecular weight is 364 g/mol. The van der Waals surface area contributed by atoms with Crippen LogP contribution in [0.2, 0.25) is 0 Å². The second kappa shape index (κ2) is 6.64. The average Bonchev–Trinajstić information content (AvgIpc) is 3.03. The van der Waals surface area contributed by atoms with Gasteiger partial charge in [0, 0.05) is 23.8 Å². The van der Waals surface area contributed by atoms with Crippen LogP contribution < -0.4 is 11.5 Å². The minimum atomic E-state index is 0.134. The Hall–Kier alpha value is -2.40. The molecule has 1 aliphatic rings. The van der Waals surface area contributed by atoms with Gasteiger partial charge in [0.05, 0.1) is 5.39 Å². The number of nitrogen functional groups attached to an aromatic ring is 1. The van der Waals surface area contributed by atoms with Crippen LogP contribution in [-0.2, 0) is 5.41 Å². The van der Waals surface area contributed by atoms with E-state index in [0.29, 0.717) is 17.9 Å². The topological polar surface area (TPSA) is 82.8 Å². The Balaban J connectivity index is 1.81. The molecular weight excluding hydrogens is 334 g/mol. The van der Waals surface area contributed by atoms with E-state index in [4.69, 9.17) is 11.5 Å². The molecule has 4 rings (SSSR count). The summed E-state index contributed by atoms with van der Waals surface area (Å²) in [5.41, 5.74) is 17.0. The zero-order chi connectivity index (χ0) is 19.2. The SMILES string of the molecule is CC(C)(C)c1ccc(-c2cn(C3CCC(N)CC3)c3ncnc(N)c23)cc1. The number of nitrogens with zero attached hydrogens (tertiary/aromatic N) is 3. The number of aromatic nitrogens is 3. The van der Waals surface area contributed by atoms with Gasteiger partial charge in [0.25, 0.3) is 0 Å². The van der Waals surface area contributed by atoms with Gasteiger partial charge < -0.3 is 16.0 Å². The van der Waals surface area contributed by atoms with E-state index in [-0.39, 0.29) is 5.41 Å². The predicted octanol–water partition coefficient (Wildman–Crippen LogP) is 4.42. The van der Waals surface area contributed by atoms with E-state index in [9.17, 15) is 0 Å². The summed E-state index contributed by atoms with van der Waals surface area (Å²) in [6.45, 7) is 6.69. The van der Waals surface area contributed by atoms with Gasteiger partial charge in [0.1, 0.15) is 17.8 Å². The second-order valence-electron chi connectivity index (χ2n) is 8.80. The van der Waals surface area contributed by atoms with Crippen LogP contribution in [0.15, 0.2) is 36.8 Å². The van der Waals surface area contributed by atoms with Crippen LogP contribution in [0.25, 0.3) is 22.2 Å². The predicted molar refractivity (Wildman–Crippen MR) is 112 cm³/mol. The molecule has 0 aliphatic heterocycles. The minimum absolute atomic E-state index is 0.134. The number of hydrogen-bond acceptors (Lipinski definition) is 4. The first-order valence-electron chi connectivity index (χ1n) is 9.82. The van der Waals surface area contributed by atoms with E-state index in [1.165, 1.54) is 5.56 Å². The maximum atomic E-state index is 6.27. The maximum absolute atomic E-state index is 6.27. The first-order valence-corrected chi connectivity index (χ1v) is 9.82. The molecule has 0 radical (unpaired) electrons. The summed E-state index contributed by atoms with van der Waals surface area (Å²) in [5, 5.41) is 0.955. The summed E-state index contributed by atoms with van der Waals surface area (Å²) < 4.78 is 2.30. The molecule has 27 heavy (non-hydrogen) atoms. The molecule has 1 saturated carbocycles. The number of rotatable bonds is 2. The van der Waals surface area contributed by atoms with Crippen molar-refractivity contribution < 1.29 is 0 Å². The van der Waals surface area contributed by atoms with Crippen LogP contribution in [0.5, 0.6) is 0 Å². The standard InChI is InChI=1S/C22H29N5/c1-22(2,3)15-6-4-14(5-7-15)18-12-27(17-10-8-16(23)9-11-17)21-19(18)20(24)25-13-26-21/h4-7,12-13,16-17H,8-11,23H2,1-3H3,(H2,24,25,26). The number of nitrogens with two attached hydrogens (primary N) is 2. The Bertz CT molecular complexity index is 941. The van der Waals surface area contributed by atoms with E-state index < -0.39 is 0 Å². The van der Waals surface area contributed by atoms with Crippen LogP contribution in [0.4, 0.5) is 5.82 Å². The summed E-state index contributed by atoms with van der Waals surface area (Å²) in [4.78, 5) is 8.83. The fourth-order valence-corrected chi connectivity index (χ4v) is 4.14. The summed E-state index contributed by atoms with van der Waals surface area (Å²) in [6, 6.07) is 9.53. The van der Waals surface area contributed by atoms with Gasteiger partial charge in [-0.05, 0) is 42.2 Å². The first kappa shape index (κ1) is 18.0. The zero-order valence-corrected chi connectivity index (χ0v) is 16.4. The molecule has 0 bridgehead atoms. The zero-order valence-electron chi connectivity index (χ0n) is 16.4. The smallest absolute Gasteiger partial charge is 0.146 e. The lowest BCUT2D eigenvalue weighted by molar-refractivity contribution is 0.329. The highest BCUT2D eigenvalue weighted by Gasteiger charge is 2.24. The minimum Gasteiger partial charge on any atom is -0.383 e. The van der Waals surface area contributed by atoms with Gasteiger partial charge in [0.2, 0.25) is 0 Å². The molecule has 5 nitrogen and oxygen atoms in total. The van der Waals surface area contributed by atoms with E-state index in [1.807, 2.05) is 0 Å². The molecule has 2 aromatic heterocycles. The van der Waals surface area contributed by atoms with E-state index in [1.54, 1.807) is 6.33 Å². The summed E-state index contributed by atoms with van der Waals surface area (Å²) in [6.07, 6.45) is 8.05. The van der Waals surface area contributed by atoms with Crippen molar-refractivity contribution in [2.24, 2.45) is 5.73 Å². The van der Waals surface area contributed by atoms with E-state index in [2.05, 4.69) is 65.8 Å². The molecule has 0 atom stereocenters. The van der Waals surface area contributed by atoms with Crippen LogP contribution in [0, 0.1) is 0 Å². The van der Waals surface area contributed by atoms with E-state index in [0.717, 1.165) is 47.8 Å². The van der Waals surface area contributed by atoms with Crippen LogP contribution in [-0.4, -0.2) is 20.6 Å². The van der Waals surface area contributed by atoms with Crippen LogP contribution in [0.1, 0.15) is 58.1 Å². The lowest BCUT2D eigenvalue weighted by Gasteiger charge is -2.27. The molecule has 0 spiro atoms. The molecule has 4 N–H and O–H groups in total. The first-order chi connectivity index (χ1) is 12.8. The van der Waals surface area contributed by atoms with Crippen molar-refractivity contribution in [3.05, 3.63) is 42.4 Å². The Kier molecular flexibility index (Phi) is 4.42. The number of benzene rings is 1. The van der Waals surface area contributed by atoms with Crippen molar-refractivity contribution in [1.82, 2.24) is 14.5 Å². The Labute approximate surface area is 160 Å². The molecule has 0 unspecified atom stereocenters. The summed E-state index contributed by atoms with van der Waals surface area (Å²) in [7, 11) is 0. The fraction of sp³-hybridized carbons (Fsp3) is 0.455. The van der Waals surface area contributed by atoms with Gasteiger partial charge in [-0.25, -0.2) is 9.97 Å². The number of anilines is 1. The third kappa shape index (κ3) is 3.32. The highest BCUT2D eigenvalue weighted by molar-refractivity contribution is 6.00. The molecule has 1 fully saturated rings.